The molecule has 3 heteroatoms. The summed E-state index contributed by atoms with van der Waals surface area (Å²) in [6, 6.07) is 5.11. The smallest absolute Gasteiger partial charge is 0.0331 e. The minimum atomic E-state index is 0.666. The Balaban J connectivity index is 2.70. The summed E-state index contributed by atoms with van der Waals surface area (Å²) in [6.07, 6.45) is 2.47. The molecule has 0 aliphatic rings. The highest BCUT2D eigenvalue weighted by Crippen LogP contribution is 2.21. The van der Waals surface area contributed by atoms with Gasteiger partial charge >= 0.3 is 0 Å². The van der Waals surface area contributed by atoms with Gasteiger partial charge in [0.1, 0.15) is 0 Å². The van der Waals surface area contributed by atoms with E-state index in [-0.39, 0.29) is 0 Å². The predicted molar refractivity (Wildman–Crippen MR) is 81.8 cm³/mol. The van der Waals surface area contributed by atoms with E-state index in [4.69, 9.17) is 5.73 Å². The Hall–Kier alpha value is -0.380. The molecule has 0 aliphatic heterocycles. The molecule has 0 fully saturated rings. The van der Waals surface area contributed by atoms with Crippen LogP contribution in [0.2, 0.25) is 0 Å². The van der Waals surface area contributed by atoms with Gasteiger partial charge in [0.15, 0.2) is 0 Å². The Morgan fingerprint density at radius 3 is 2.22 bits per heavy atom. The van der Waals surface area contributed by atoms with Gasteiger partial charge in [-0.25, -0.2) is 0 Å². The van der Waals surface area contributed by atoms with E-state index in [0.29, 0.717) is 12.6 Å². The predicted octanol–water partition coefficient (Wildman–Crippen LogP) is 3.85. The van der Waals surface area contributed by atoms with Crippen LogP contribution in [0.5, 0.6) is 0 Å². The maximum atomic E-state index is 5.68. The molecule has 0 saturated heterocycles. The molecule has 0 saturated carbocycles. The van der Waals surface area contributed by atoms with E-state index in [1.165, 1.54) is 29.1 Å². The van der Waals surface area contributed by atoms with Crippen LogP contribution in [-0.2, 0) is 13.1 Å². The Morgan fingerprint density at radius 2 is 1.78 bits per heavy atom. The van der Waals surface area contributed by atoms with E-state index in [9.17, 15) is 0 Å². The van der Waals surface area contributed by atoms with Crippen LogP contribution in [-0.4, -0.2) is 17.5 Å². The molecule has 1 heterocycles. The van der Waals surface area contributed by atoms with Crippen LogP contribution in [0.1, 0.15) is 50.3 Å². The van der Waals surface area contributed by atoms with Crippen molar-refractivity contribution in [2.24, 2.45) is 11.7 Å². The standard InChI is InChI=1S/C15H28N2S/c1-5-13(6-2)17(10-12(3)4)11-15-8-7-14(9-16)18-15/h7-8,12-13H,5-6,9-11,16H2,1-4H3. The molecule has 0 aromatic carbocycles. The zero-order chi connectivity index (χ0) is 13.5. The topological polar surface area (TPSA) is 29.3 Å². The van der Waals surface area contributed by atoms with Crippen molar-refractivity contribution in [3.8, 4) is 0 Å². The first-order valence-corrected chi connectivity index (χ1v) is 7.94. The first-order valence-electron chi connectivity index (χ1n) is 7.12. The molecular formula is C15H28N2S. The third-order valence-corrected chi connectivity index (χ3v) is 4.43. The van der Waals surface area contributed by atoms with Crippen LogP contribution < -0.4 is 5.73 Å². The molecule has 18 heavy (non-hydrogen) atoms. The summed E-state index contributed by atoms with van der Waals surface area (Å²) in [6.45, 7) is 12.1. The number of rotatable bonds is 8. The van der Waals surface area contributed by atoms with Crippen LogP contribution in [0, 0.1) is 5.92 Å². The monoisotopic (exact) mass is 268 g/mol. The zero-order valence-electron chi connectivity index (χ0n) is 12.3. The lowest BCUT2D eigenvalue weighted by molar-refractivity contribution is 0.159. The molecule has 0 radical (unpaired) electrons. The fourth-order valence-corrected chi connectivity index (χ4v) is 3.36. The molecule has 0 spiro atoms. The molecule has 0 atom stereocenters. The number of nitrogens with zero attached hydrogens (tertiary/aromatic N) is 1. The van der Waals surface area contributed by atoms with Crippen molar-refractivity contribution < 1.29 is 0 Å². The van der Waals surface area contributed by atoms with Crippen LogP contribution in [0.3, 0.4) is 0 Å². The second-order valence-electron chi connectivity index (χ2n) is 5.37. The van der Waals surface area contributed by atoms with Crippen molar-refractivity contribution in [2.75, 3.05) is 6.54 Å². The first-order chi connectivity index (χ1) is 8.60. The van der Waals surface area contributed by atoms with E-state index in [1.54, 1.807) is 0 Å². The van der Waals surface area contributed by atoms with Crippen molar-refractivity contribution in [1.82, 2.24) is 4.90 Å². The van der Waals surface area contributed by atoms with Crippen LogP contribution >= 0.6 is 11.3 Å². The zero-order valence-corrected chi connectivity index (χ0v) is 13.1. The maximum Gasteiger partial charge on any atom is 0.0331 e. The van der Waals surface area contributed by atoms with Crippen molar-refractivity contribution in [3.63, 3.8) is 0 Å². The van der Waals surface area contributed by atoms with Crippen molar-refractivity contribution in [2.45, 2.75) is 59.7 Å². The van der Waals surface area contributed by atoms with Gasteiger partial charge in [-0.2, -0.15) is 0 Å². The molecule has 1 aromatic rings. The Bertz CT molecular complexity index is 329. The second kappa shape index (κ2) is 7.93. The lowest BCUT2D eigenvalue weighted by Crippen LogP contribution is -2.36. The number of hydrogen-bond donors (Lipinski definition) is 1. The minimum absolute atomic E-state index is 0.666. The summed E-state index contributed by atoms with van der Waals surface area (Å²) in [7, 11) is 0. The van der Waals surface area contributed by atoms with E-state index in [1.807, 2.05) is 11.3 Å². The summed E-state index contributed by atoms with van der Waals surface area (Å²) >= 11 is 1.86. The van der Waals surface area contributed by atoms with Gasteiger partial charge in [-0.3, -0.25) is 4.90 Å². The van der Waals surface area contributed by atoms with Crippen molar-refractivity contribution in [3.05, 3.63) is 21.9 Å². The minimum Gasteiger partial charge on any atom is -0.326 e. The lowest BCUT2D eigenvalue weighted by Gasteiger charge is -2.31. The molecule has 0 amide bonds. The largest absolute Gasteiger partial charge is 0.326 e. The highest BCUT2D eigenvalue weighted by molar-refractivity contribution is 7.11. The molecule has 2 nitrogen and oxygen atoms in total. The van der Waals surface area contributed by atoms with E-state index in [0.717, 1.165) is 12.5 Å². The van der Waals surface area contributed by atoms with Gasteiger partial charge in [0, 0.05) is 35.4 Å². The van der Waals surface area contributed by atoms with Gasteiger partial charge in [-0.15, -0.1) is 11.3 Å². The molecule has 2 N–H and O–H groups in total. The average Bonchev–Trinajstić information content (AvgIpc) is 2.77. The van der Waals surface area contributed by atoms with Gasteiger partial charge in [0.2, 0.25) is 0 Å². The fraction of sp³-hybridized carbons (Fsp3) is 0.733. The highest BCUT2D eigenvalue weighted by atomic mass is 32.1. The fourth-order valence-electron chi connectivity index (χ4n) is 2.43. The molecule has 1 aromatic heterocycles. The van der Waals surface area contributed by atoms with Crippen molar-refractivity contribution >= 4 is 11.3 Å². The summed E-state index contributed by atoms with van der Waals surface area (Å²) in [5.41, 5.74) is 5.68. The van der Waals surface area contributed by atoms with E-state index < -0.39 is 0 Å². The third kappa shape index (κ3) is 4.71. The summed E-state index contributed by atoms with van der Waals surface area (Å²) in [5, 5.41) is 0. The van der Waals surface area contributed by atoms with Crippen molar-refractivity contribution in [1.29, 1.82) is 0 Å². The molecule has 0 unspecified atom stereocenters. The second-order valence-corrected chi connectivity index (χ2v) is 6.62. The molecule has 1 rings (SSSR count). The van der Waals surface area contributed by atoms with Crippen LogP contribution in [0.25, 0.3) is 0 Å². The van der Waals surface area contributed by atoms with Gasteiger partial charge in [0.25, 0.3) is 0 Å². The third-order valence-electron chi connectivity index (χ3n) is 3.34. The quantitative estimate of drug-likeness (QED) is 0.776. The molecule has 0 aliphatic carbocycles. The first kappa shape index (κ1) is 15.7. The number of hydrogen-bond acceptors (Lipinski definition) is 3. The van der Waals surface area contributed by atoms with Gasteiger partial charge < -0.3 is 5.73 Å². The molecule has 104 valence electrons. The van der Waals surface area contributed by atoms with Gasteiger partial charge in [0.05, 0.1) is 0 Å². The molecule has 0 bridgehead atoms. The normalized spacial score (nSPS) is 12.0. The van der Waals surface area contributed by atoms with Gasteiger partial charge in [-0.05, 0) is 30.9 Å². The highest BCUT2D eigenvalue weighted by Gasteiger charge is 2.17. The number of nitrogens with two attached hydrogens (primary N) is 1. The lowest BCUT2D eigenvalue weighted by atomic mass is 10.1. The summed E-state index contributed by atoms with van der Waals surface area (Å²) < 4.78 is 0. The Labute approximate surface area is 116 Å². The number of thiophene rings is 1. The van der Waals surface area contributed by atoms with Crippen LogP contribution in [0.15, 0.2) is 12.1 Å². The Kier molecular flexibility index (Phi) is 6.90. The maximum absolute atomic E-state index is 5.68. The SMILES string of the molecule is CCC(CC)N(Cc1ccc(CN)s1)CC(C)C. The van der Waals surface area contributed by atoms with Crippen LogP contribution in [0.4, 0.5) is 0 Å². The molecular weight excluding hydrogens is 240 g/mol. The van der Waals surface area contributed by atoms with E-state index in [2.05, 4.69) is 44.7 Å². The Morgan fingerprint density at radius 1 is 1.17 bits per heavy atom. The van der Waals surface area contributed by atoms with Gasteiger partial charge in [-0.1, -0.05) is 27.7 Å². The summed E-state index contributed by atoms with van der Waals surface area (Å²) in [4.78, 5) is 5.37. The average molecular weight is 268 g/mol. The van der Waals surface area contributed by atoms with E-state index >= 15 is 0 Å². The summed E-state index contributed by atoms with van der Waals surface area (Å²) in [5.74, 6) is 0.722.